The lowest BCUT2D eigenvalue weighted by molar-refractivity contribution is -0.316. The van der Waals surface area contributed by atoms with Crippen LogP contribution in [0.1, 0.15) is 135 Å². The maximum atomic E-state index is 12.0. The van der Waals surface area contributed by atoms with E-state index in [1.54, 1.807) is 0 Å². The molecule has 22 atom stereocenters. The minimum atomic E-state index is -0.315. The standard InChI is InChI=1S/C20H30O6.C14H20O4.C10H12O2.C8H12O2/c21-19(24-12-13-5-7-15-17(10-13)25-15)4-2-1-3-9-23-20(22)14-6-8-16-18(11-14)26-16;1-3-13(5-11-9(1)17-11)7-15-14(16-8-13)4-2-10-12(6-14)18-10;1-4-3-2-6-10(11-6)7(3)5(1)9-8(4)12-9;1-2-6-7(10-6)3-5(1)8-4-9-8/h13-18H,1-12H2;9-12H,1-8H2;3-10H,1-2H2;5-8H,1-4H2. The predicted octanol–water partition coefficient (Wildman–Crippen LogP) is 6.15. The molecule has 9 aliphatic heterocycles. The molecule has 17 rings (SSSR count). The Hall–Kier alpha value is -1.46. The molecule has 8 aliphatic carbocycles. The molecule has 22 unspecified atom stereocenters. The third kappa shape index (κ3) is 9.19. The first-order chi connectivity index (χ1) is 32.3. The second kappa shape index (κ2) is 17.1. The monoisotopic (exact) mass is 923 g/mol. The Kier molecular flexibility index (Phi) is 11.2. The van der Waals surface area contributed by atoms with Crippen LogP contribution in [0.3, 0.4) is 0 Å². The van der Waals surface area contributed by atoms with Crippen LogP contribution in [-0.2, 0) is 66.4 Å². The van der Waals surface area contributed by atoms with E-state index in [-0.39, 0.29) is 29.1 Å². The number of hydrogen-bond donors (Lipinski definition) is 0. The molecule has 2 spiro atoms. The molecule has 0 N–H and O–H groups in total. The minimum absolute atomic E-state index is 0.0184. The SMILES string of the molecule is C1C2OC2C2C1C1CC2C2OC12.C1CC2(COC3(CCC4OC4C3)OC2)CC2OC12.C1CC2OC2CC1C1CO1.O=C(CCCCCOC(=O)C1CCC2OC2C1)OCC1CCC2OC2C1. The zero-order valence-corrected chi connectivity index (χ0v) is 38.8. The molecule has 14 heteroatoms. The number of ether oxygens (including phenoxy) is 12. The Labute approximate surface area is 389 Å². The summed E-state index contributed by atoms with van der Waals surface area (Å²) >= 11 is 0. The molecule has 14 nitrogen and oxygen atoms in total. The zero-order chi connectivity index (χ0) is 43.7. The van der Waals surface area contributed by atoms with Crippen molar-refractivity contribution >= 4 is 11.9 Å². The summed E-state index contributed by atoms with van der Waals surface area (Å²) in [5.41, 5.74) is 0.240. The first-order valence-electron chi connectivity index (χ1n) is 27.1. The van der Waals surface area contributed by atoms with E-state index in [2.05, 4.69) is 0 Å². The van der Waals surface area contributed by atoms with Crippen LogP contribution in [0.5, 0.6) is 0 Å². The Morgan fingerprint density at radius 2 is 1.21 bits per heavy atom. The van der Waals surface area contributed by atoms with Crippen molar-refractivity contribution < 1.29 is 66.4 Å². The van der Waals surface area contributed by atoms with Crippen LogP contribution in [0.2, 0.25) is 0 Å². The topological polar surface area (TPSA) is 171 Å². The largest absolute Gasteiger partial charge is 0.465 e. The van der Waals surface area contributed by atoms with Crippen molar-refractivity contribution in [2.24, 2.45) is 46.8 Å². The lowest BCUT2D eigenvalue weighted by Crippen LogP contribution is -2.52. The van der Waals surface area contributed by atoms with E-state index in [0.29, 0.717) is 117 Å². The van der Waals surface area contributed by atoms with E-state index in [1.807, 2.05) is 0 Å². The number of hydrogen-bond acceptors (Lipinski definition) is 14. The van der Waals surface area contributed by atoms with E-state index in [4.69, 9.17) is 56.8 Å². The molecule has 9 saturated heterocycles. The van der Waals surface area contributed by atoms with Gasteiger partial charge in [-0.05, 0) is 151 Å². The summed E-state index contributed by atoms with van der Waals surface area (Å²) in [6.07, 6.45) is 30.4. The highest BCUT2D eigenvalue weighted by Crippen LogP contribution is 2.69. The quantitative estimate of drug-likeness (QED) is 0.139. The first kappa shape index (κ1) is 43.3. The maximum absolute atomic E-state index is 12.0. The van der Waals surface area contributed by atoms with Gasteiger partial charge in [0, 0.05) is 24.7 Å². The number of unbranched alkanes of at least 4 members (excludes halogenated alkanes) is 2. The van der Waals surface area contributed by atoms with E-state index < -0.39 is 0 Å². The Bertz CT molecular complexity index is 1780. The Morgan fingerprint density at radius 1 is 0.515 bits per heavy atom. The first-order valence-corrected chi connectivity index (χ1v) is 27.1. The van der Waals surface area contributed by atoms with Gasteiger partial charge in [0.15, 0.2) is 5.79 Å². The number of carbonyl (C=O) groups excluding carboxylic acids is 2. The van der Waals surface area contributed by atoms with E-state index in [9.17, 15) is 9.59 Å². The molecule has 0 aromatic rings. The van der Waals surface area contributed by atoms with Gasteiger partial charge in [0.25, 0.3) is 0 Å². The average Bonchev–Trinajstić information content (AvgIpc) is 4.12. The van der Waals surface area contributed by atoms with Crippen LogP contribution >= 0.6 is 0 Å². The van der Waals surface area contributed by atoms with Gasteiger partial charge in [-0.25, -0.2) is 0 Å². The molecule has 0 amide bonds. The summed E-state index contributed by atoms with van der Waals surface area (Å²) < 4.78 is 67.4. The summed E-state index contributed by atoms with van der Waals surface area (Å²) in [6, 6.07) is 0. The third-order valence-electron chi connectivity index (χ3n) is 19.7. The Balaban J connectivity index is 0.0000000892. The highest BCUT2D eigenvalue weighted by Gasteiger charge is 2.74. The van der Waals surface area contributed by atoms with Crippen LogP contribution in [0.25, 0.3) is 0 Å². The van der Waals surface area contributed by atoms with Crippen molar-refractivity contribution in [3.8, 4) is 0 Å². The summed E-state index contributed by atoms with van der Waals surface area (Å²) in [5, 5.41) is 0. The number of epoxide rings is 8. The molecule has 8 saturated carbocycles. The van der Waals surface area contributed by atoms with Crippen LogP contribution < -0.4 is 0 Å². The van der Waals surface area contributed by atoms with Crippen LogP contribution in [-0.4, -0.2) is 142 Å². The van der Waals surface area contributed by atoms with Crippen molar-refractivity contribution in [3.63, 3.8) is 0 Å². The molecule has 366 valence electrons. The zero-order valence-electron chi connectivity index (χ0n) is 38.8. The highest BCUT2D eigenvalue weighted by molar-refractivity contribution is 5.72. The van der Waals surface area contributed by atoms with Gasteiger partial charge in [-0.1, -0.05) is 0 Å². The van der Waals surface area contributed by atoms with Crippen molar-refractivity contribution in [1.29, 1.82) is 0 Å². The second-order valence-corrected chi connectivity index (χ2v) is 24.1. The van der Waals surface area contributed by atoms with Crippen molar-refractivity contribution in [1.82, 2.24) is 0 Å². The summed E-state index contributed by atoms with van der Waals surface area (Å²) in [5.74, 6) is 4.60. The summed E-state index contributed by atoms with van der Waals surface area (Å²) in [7, 11) is 0. The van der Waals surface area contributed by atoms with Gasteiger partial charge in [0.1, 0.15) is 0 Å². The predicted molar refractivity (Wildman–Crippen MR) is 231 cm³/mol. The minimum Gasteiger partial charge on any atom is -0.465 e. The van der Waals surface area contributed by atoms with E-state index >= 15 is 0 Å². The molecule has 0 radical (unpaired) electrons. The van der Waals surface area contributed by atoms with E-state index in [0.717, 1.165) is 133 Å². The molecule has 66 heavy (non-hydrogen) atoms. The molecule has 2 bridgehead atoms. The van der Waals surface area contributed by atoms with Gasteiger partial charge in [-0.3, -0.25) is 9.59 Å². The van der Waals surface area contributed by atoms with Gasteiger partial charge in [0.05, 0.1) is 131 Å². The second-order valence-electron chi connectivity index (χ2n) is 24.1. The highest BCUT2D eigenvalue weighted by atomic mass is 16.7. The van der Waals surface area contributed by atoms with Crippen LogP contribution in [0, 0.1) is 46.8 Å². The lowest BCUT2D eigenvalue weighted by Gasteiger charge is -2.48. The van der Waals surface area contributed by atoms with Gasteiger partial charge in [-0.2, -0.15) is 0 Å². The van der Waals surface area contributed by atoms with Gasteiger partial charge in [0.2, 0.25) is 0 Å². The molecule has 9 heterocycles. The van der Waals surface area contributed by atoms with Gasteiger partial charge >= 0.3 is 11.9 Å². The fourth-order valence-corrected chi connectivity index (χ4v) is 15.2. The number of fused-ring (bicyclic) bond motifs is 15. The molecule has 17 fully saturated rings. The smallest absolute Gasteiger partial charge is 0.309 e. The normalized spacial score (nSPS) is 54.7. The third-order valence-corrected chi connectivity index (χ3v) is 19.7. The van der Waals surface area contributed by atoms with Gasteiger partial charge < -0.3 is 56.8 Å². The lowest BCUT2D eigenvalue weighted by atomic mass is 9.74. The molecular formula is C52H74O14. The van der Waals surface area contributed by atoms with Crippen molar-refractivity contribution in [3.05, 3.63) is 0 Å². The van der Waals surface area contributed by atoms with Crippen LogP contribution in [0.4, 0.5) is 0 Å². The van der Waals surface area contributed by atoms with E-state index in [1.165, 1.54) is 44.9 Å². The van der Waals surface area contributed by atoms with Crippen LogP contribution in [0.15, 0.2) is 0 Å². The number of carbonyl (C=O) groups is 2. The molecule has 0 aromatic carbocycles. The maximum Gasteiger partial charge on any atom is 0.309 e. The fourth-order valence-electron chi connectivity index (χ4n) is 15.2. The Morgan fingerprint density at radius 3 is 1.95 bits per heavy atom. The molecular weight excluding hydrogens is 849 g/mol. The number of rotatable bonds is 10. The number of esters is 2. The molecule has 17 aliphatic rings. The van der Waals surface area contributed by atoms with Crippen molar-refractivity contribution in [2.45, 2.75) is 232 Å². The van der Waals surface area contributed by atoms with Crippen molar-refractivity contribution in [2.75, 3.05) is 33.0 Å². The van der Waals surface area contributed by atoms with Gasteiger partial charge in [-0.15, -0.1) is 0 Å². The molecule has 0 aromatic heterocycles. The fraction of sp³-hybridized carbons (Fsp3) is 0.962. The summed E-state index contributed by atoms with van der Waals surface area (Å²) in [6.45, 7) is 3.72. The summed E-state index contributed by atoms with van der Waals surface area (Å²) in [4.78, 5) is 23.8. The average molecular weight is 923 g/mol.